The number of rotatable bonds is 1. The summed E-state index contributed by atoms with van der Waals surface area (Å²) in [6.45, 7) is 6.39. The minimum Gasteiger partial charge on any atom is -0.381 e. The standard InChI is InChI=1S/C12H20N2OS/c1-11(2)7-9(11)13-10-14-12(8-16-10)3-5-15-6-4-12/h9H,3-8H2,1-2H3,(H,13,14). The van der Waals surface area contributed by atoms with Crippen LogP contribution in [0.5, 0.6) is 0 Å². The quantitative estimate of drug-likeness (QED) is 0.761. The van der Waals surface area contributed by atoms with Crippen molar-refractivity contribution in [2.45, 2.75) is 44.7 Å². The average Bonchev–Trinajstić information content (AvgIpc) is 2.67. The number of hydrogen-bond donors (Lipinski definition) is 1. The van der Waals surface area contributed by atoms with Gasteiger partial charge in [-0.05, 0) is 24.7 Å². The Morgan fingerprint density at radius 2 is 2.06 bits per heavy atom. The van der Waals surface area contributed by atoms with Crippen LogP contribution in [-0.4, -0.2) is 35.7 Å². The number of nitrogens with zero attached hydrogens (tertiary/aromatic N) is 1. The van der Waals surface area contributed by atoms with Crippen LogP contribution in [0.25, 0.3) is 0 Å². The molecular weight excluding hydrogens is 220 g/mol. The Balaban J connectivity index is 1.64. The van der Waals surface area contributed by atoms with Crippen LogP contribution >= 0.6 is 11.8 Å². The van der Waals surface area contributed by atoms with Crippen molar-refractivity contribution < 1.29 is 4.74 Å². The van der Waals surface area contributed by atoms with Crippen molar-refractivity contribution in [3.05, 3.63) is 0 Å². The average molecular weight is 240 g/mol. The molecule has 3 fully saturated rings. The fraction of sp³-hybridized carbons (Fsp3) is 0.917. The van der Waals surface area contributed by atoms with Crippen LogP contribution in [0.2, 0.25) is 0 Å². The maximum absolute atomic E-state index is 5.43. The SMILES string of the molecule is CC1(C)CC1N=C1NC2(CCOCC2)CS1. The van der Waals surface area contributed by atoms with Gasteiger partial charge < -0.3 is 10.1 Å². The molecule has 1 saturated carbocycles. The lowest BCUT2D eigenvalue weighted by atomic mass is 9.93. The van der Waals surface area contributed by atoms with Crippen molar-refractivity contribution >= 4 is 16.9 Å². The smallest absolute Gasteiger partial charge is 0.157 e. The second-order valence-electron chi connectivity index (χ2n) is 5.95. The van der Waals surface area contributed by atoms with E-state index in [1.54, 1.807) is 0 Å². The van der Waals surface area contributed by atoms with E-state index < -0.39 is 0 Å². The van der Waals surface area contributed by atoms with E-state index in [4.69, 9.17) is 9.73 Å². The highest BCUT2D eigenvalue weighted by Crippen LogP contribution is 2.48. The molecule has 3 aliphatic rings. The molecule has 1 aliphatic carbocycles. The highest BCUT2D eigenvalue weighted by atomic mass is 32.2. The van der Waals surface area contributed by atoms with Gasteiger partial charge in [0.2, 0.25) is 0 Å². The summed E-state index contributed by atoms with van der Waals surface area (Å²) in [6, 6.07) is 0.553. The summed E-state index contributed by atoms with van der Waals surface area (Å²) < 4.78 is 5.43. The summed E-state index contributed by atoms with van der Waals surface area (Å²) >= 11 is 1.90. The van der Waals surface area contributed by atoms with Crippen LogP contribution in [0.3, 0.4) is 0 Å². The van der Waals surface area contributed by atoms with Gasteiger partial charge in [-0.25, -0.2) is 0 Å². The highest BCUT2D eigenvalue weighted by molar-refractivity contribution is 8.14. The maximum atomic E-state index is 5.43. The Kier molecular flexibility index (Phi) is 2.48. The molecule has 0 aromatic carbocycles. The van der Waals surface area contributed by atoms with Crippen LogP contribution in [0.1, 0.15) is 33.1 Å². The summed E-state index contributed by atoms with van der Waals surface area (Å²) in [5, 5.41) is 4.83. The summed E-state index contributed by atoms with van der Waals surface area (Å²) in [5.74, 6) is 1.17. The summed E-state index contributed by atoms with van der Waals surface area (Å²) in [6.07, 6.45) is 3.51. The molecule has 4 heteroatoms. The minimum atomic E-state index is 0.292. The Morgan fingerprint density at radius 1 is 1.38 bits per heavy atom. The number of thioether (sulfide) groups is 1. The van der Waals surface area contributed by atoms with Crippen molar-refractivity contribution in [3.8, 4) is 0 Å². The van der Waals surface area contributed by atoms with Crippen molar-refractivity contribution in [1.82, 2.24) is 5.32 Å². The molecular formula is C12H20N2OS. The van der Waals surface area contributed by atoms with E-state index >= 15 is 0 Å². The van der Waals surface area contributed by atoms with Gasteiger partial charge in [-0.1, -0.05) is 25.6 Å². The first-order valence-electron chi connectivity index (χ1n) is 6.16. The molecule has 0 radical (unpaired) electrons. The van der Waals surface area contributed by atoms with Crippen LogP contribution in [0.15, 0.2) is 4.99 Å². The molecule has 2 saturated heterocycles. The number of hydrogen-bond acceptors (Lipinski definition) is 3. The van der Waals surface area contributed by atoms with Gasteiger partial charge in [-0.2, -0.15) is 0 Å². The molecule has 3 nitrogen and oxygen atoms in total. The summed E-state index contributed by atoms with van der Waals surface area (Å²) in [7, 11) is 0. The van der Waals surface area contributed by atoms with Crippen LogP contribution in [0, 0.1) is 5.41 Å². The molecule has 2 heterocycles. The lowest BCUT2D eigenvalue weighted by molar-refractivity contribution is 0.0555. The lowest BCUT2D eigenvalue weighted by Gasteiger charge is -2.32. The second kappa shape index (κ2) is 3.64. The molecule has 16 heavy (non-hydrogen) atoms. The zero-order valence-corrected chi connectivity index (χ0v) is 10.9. The Labute approximate surface area is 101 Å². The Morgan fingerprint density at radius 3 is 2.69 bits per heavy atom. The zero-order chi connectivity index (χ0) is 11.2. The molecule has 1 spiro atoms. The number of nitrogens with one attached hydrogen (secondary N) is 1. The Hall–Kier alpha value is -0.220. The van der Waals surface area contributed by atoms with Crippen LogP contribution < -0.4 is 5.32 Å². The van der Waals surface area contributed by atoms with E-state index in [9.17, 15) is 0 Å². The first kappa shape index (κ1) is 10.9. The second-order valence-corrected chi connectivity index (χ2v) is 6.91. The van der Waals surface area contributed by atoms with Gasteiger partial charge in [0.05, 0.1) is 11.6 Å². The van der Waals surface area contributed by atoms with Crippen molar-refractivity contribution in [3.63, 3.8) is 0 Å². The normalized spacial score (nSPS) is 37.6. The largest absolute Gasteiger partial charge is 0.381 e. The molecule has 90 valence electrons. The lowest BCUT2D eigenvalue weighted by Crippen LogP contribution is -2.48. The molecule has 2 aliphatic heterocycles. The molecule has 0 bridgehead atoms. The predicted molar refractivity (Wildman–Crippen MR) is 68.0 cm³/mol. The van der Waals surface area contributed by atoms with Crippen molar-refractivity contribution in [2.75, 3.05) is 19.0 Å². The van der Waals surface area contributed by atoms with E-state index in [0.717, 1.165) is 26.1 Å². The third-order valence-corrected chi connectivity index (χ3v) is 5.22. The van der Waals surface area contributed by atoms with Gasteiger partial charge in [0.15, 0.2) is 5.17 Å². The van der Waals surface area contributed by atoms with E-state index in [2.05, 4.69) is 19.2 Å². The van der Waals surface area contributed by atoms with Crippen LogP contribution in [-0.2, 0) is 4.74 Å². The predicted octanol–water partition coefficient (Wildman–Crippen LogP) is 2.03. The van der Waals surface area contributed by atoms with Crippen molar-refractivity contribution in [2.24, 2.45) is 10.4 Å². The van der Waals surface area contributed by atoms with E-state index in [1.807, 2.05) is 11.8 Å². The zero-order valence-electron chi connectivity index (χ0n) is 10.1. The van der Waals surface area contributed by atoms with E-state index in [0.29, 0.717) is 17.0 Å². The fourth-order valence-corrected chi connectivity index (χ4v) is 3.67. The third kappa shape index (κ3) is 1.97. The topological polar surface area (TPSA) is 33.6 Å². The molecule has 0 amide bonds. The monoisotopic (exact) mass is 240 g/mol. The molecule has 0 aromatic heterocycles. The molecule has 1 atom stereocenters. The summed E-state index contributed by atoms with van der Waals surface area (Å²) in [5.41, 5.74) is 0.738. The first-order chi connectivity index (χ1) is 7.60. The molecule has 3 rings (SSSR count). The van der Waals surface area contributed by atoms with Gasteiger partial charge in [-0.3, -0.25) is 4.99 Å². The number of amidine groups is 1. The molecule has 1 N–H and O–H groups in total. The van der Waals surface area contributed by atoms with Gasteiger partial charge >= 0.3 is 0 Å². The number of ether oxygens (including phenoxy) is 1. The van der Waals surface area contributed by atoms with Crippen LogP contribution in [0.4, 0.5) is 0 Å². The van der Waals surface area contributed by atoms with Crippen molar-refractivity contribution in [1.29, 1.82) is 0 Å². The van der Waals surface area contributed by atoms with E-state index in [1.165, 1.54) is 17.3 Å². The third-order valence-electron chi connectivity index (χ3n) is 4.04. The highest BCUT2D eigenvalue weighted by Gasteiger charge is 2.47. The Bertz CT molecular complexity index is 321. The maximum Gasteiger partial charge on any atom is 0.157 e. The minimum absolute atomic E-state index is 0.292. The number of aliphatic imine (C=N–C) groups is 1. The van der Waals surface area contributed by atoms with Gasteiger partial charge in [-0.15, -0.1) is 0 Å². The van der Waals surface area contributed by atoms with Gasteiger partial charge in [0.25, 0.3) is 0 Å². The first-order valence-corrected chi connectivity index (χ1v) is 7.15. The van der Waals surface area contributed by atoms with E-state index in [-0.39, 0.29) is 0 Å². The van der Waals surface area contributed by atoms with Gasteiger partial charge in [0.1, 0.15) is 0 Å². The summed E-state index contributed by atoms with van der Waals surface area (Å²) in [4.78, 5) is 4.82. The molecule has 0 aromatic rings. The fourth-order valence-electron chi connectivity index (χ4n) is 2.41. The molecule has 1 unspecified atom stereocenters. The van der Waals surface area contributed by atoms with Gasteiger partial charge in [0, 0.05) is 19.0 Å².